The lowest BCUT2D eigenvalue weighted by Gasteiger charge is -1.90. The van der Waals surface area contributed by atoms with Gasteiger partial charge < -0.3 is 9.52 Å². The highest BCUT2D eigenvalue weighted by atomic mass is 16.4. The second kappa shape index (κ2) is 5.41. The summed E-state index contributed by atoms with van der Waals surface area (Å²) >= 11 is 0. The van der Waals surface area contributed by atoms with Gasteiger partial charge in [-0.2, -0.15) is 0 Å². The van der Waals surface area contributed by atoms with Crippen LogP contribution in [0.25, 0.3) is 0 Å². The number of hydrogen-bond donors (Lipinski definition) is 1. The molecule has 0 radical (unpaired) electrons. The highest BCUT2D eigenvalue weighted by Crippen LogP contribution is 2.10. The summed E-state index contributed by atoms with van der Waals surface area (Å²) in [6.45, 7) is 5.85. The van der Waals surface area contributed by atoms with Crippen LogP contribution in [0.3, 0.4) is 0 Å². The molecule has 0 aliphatic carbocycles. The first-order chi connectivity index (χ1) is 5.75. The highest BCUT2D eigenvalue weighted by Gasteiger charge is 2.10. The van der Waals surface area contributed by atoms with Crippen molar-refractivity contribution in [1.29, 1.82) is 0 Å². The first kappa shape index (κ1) is 10.8. The third-order valence-corrected chi connectivity index (χ3v) is 1.30. The molecule has 1 heterocycles. The van der Waals surface area contributed by atoms with Crippen LogP contribution in [0.4, 0.5) is 0 Å². The van der Waals surface area contributed by atoms with Crippen molar-refractivity contribution in [2.45, 2.75) is 27.2 Å². The fourth-order valence-corrected chi connectivity index (χ4v) is 0.805. The van der Waals surface area contributed by atoms with Gasteiger partial charge in [-0.1, -0.05) is 20.8 Å². The lowest BCUT2D eigenvalue weighted by Crippen LogP contribution is -1.97. The Bertz CT molecular complexity index is 238. The minimum atomic E-state index is -0.925. The topological polar surface area (TPSA) is 50.4 Å². The summed E-state index contributed by atoms with van der Waals surface area (Å²) in [7, 11) is 0. The molecule has 3 heteroatoms. The second-order valence-electron chi connectivity index (χ2n) is 1.92. The van der Waals surface area contributed by atoms with E-state index in [4.69, 9.17) is 9.52 Å². The predicted octanol–water partition coefficient (Wildman–Crippen LogP) is 2.57. The van der Waals surface area contributed by atoms with Gasteiger partial charge in [-0.15, -0.1) is 0 Å². The molecular weight excluding hydrogens is 156 g/mol. The van der Waals surface area contributed by atoms with E-state index >= 15 is 0 Å². The average molecular weight is 170 g/mol. The van der Waals surface area contributed by atoms with Crippen molar-refractivity contribution in [2.75, 3.05) is 0 Å². The molecule has 0 aromatic carbocycles. The molecule has 0 unspecified atom stereocenters. The van der Waals surface area contributed by atoms with Gasteiger partial charge in [-0.3, -0.25) is 0 Å². The van der Waals surface area contributed by atoms with Gasteiger partial charge in [0, 0.05) is 6.42 Å². The first-order valence-electron chi connectivity index (χ1n) is 4.05. The van der Waals surface area contributed by atoms with Crippen LogP contribution < -0.4 is 0 Å². The van der Waals surface area contributed by atoms with Crippen molar-refractivity contribution < 1.29 is 14.3 Å². The summed E-state index contributed by atoms with van der Waals surface area (Å²) in [4.78, 5) is 10.4. The normalized spacial score (nSPS) is 8.58. The molecule has 1 aromatic rings. The third kappa shape index (κ3) is 2.42. The molecule has 1 N–H and O–H groups in total. The Hall–Kier alpha value is -1.25. The number of aromatic carboxylic acids is 1. The summed E-state index contributed by atoms with van der Waals surface area (Å²) in [5.41, 5.74) is 0.266. The number of hydrogen-bond acceptors (Lipinski definition) is 2. The molecule has 0 spiro atoms. The maximum atomic E-state index is 10.4. The summed E-state index contributed by atoms with van der Waals surface area (Å²) in [5, 5.41) is 8.53. The Morgan fingerprint density at radius 1 is 1.58 bits per heavy atom. The molecule has 3 nitrogen and oxygen atoms in total. The van der Waals surface area contributed by atoms with Crippen LogP contribution in [0.5, 0.6) is 0 Å². The summed E-state index contributed by atoms with van der Waals surface area (Å²) in [6, 6.07) is 1.46. The molecule has 0 saturated heterocycles. The Morgan fingerprint density at radius 3 is 2.50 bits per heavy atom. The van der Waals surface area contributed by atoms with Gasteiger partial charge in [-0.25, -0.2) is 4.79 Å². The Labute approximate surface area is 72.0 Å². The van der Waals surface area contributed by atoms with Crippen molar-refractivity contribution >= 4 is 5.97 Å². The van der Waals surface area contributed by atoms with Crippen molar-refractivity contribution in [1.82, 2.24) is 0 Å². The van der Waals surface area contributed by atoms with E-state index in [9.17, 15) is 4.79 Å². The monoisotopic (exact) mass is 170 g/mol. The largest absolute Gasteiger partial charge is 0.478 e. The summed E-state index contributed by atoms with van der Waals surface area (Å²) in [5.74, 6) is -0.391. The smallest absolute Gasteiger partial charge is 0.339 e. The van der Waals surface area contributed by atoms with Crippen molar-refractivity contribution in [2.24, 2.45) is 0 Å². The highest BCUT2D eigenvalue weighted by molar-refractivity contribution is 5.88. The first-order valence-corrected chi connectivity index (χ1v) is 4.05. The quantitative estimate of drug-likeness (QED) is 0.742. The molecule has 0 atom stereocenters. The standard InChI is InChI=1S/C7H8O3.C2H6/c1-2-6-5(7(8)9)3-4-10-6;1-2/h3-4H,2H2,1H3,(H,8,9);1-2H3. The average Bonchev–Trinajstić information content (AvgIpc) is 2.55. The fraction of sp³-hybridized carbons (Fsp3) is 0.444. The van der Waals surface area contributed by atoms with Gasteiger partial charge in [0.25, 0.3) is 0 Å². The van der Waals surface area contributed by atoms with Crippen LogP contribution in [0, 0.1) is 0 Å². The second-order valence-corrected chi connectivity index (χ2v) is 1.92. The molecule has 0 saturated carbocycles. The Morgan fingerprint density at radius 2 is 2.17 bits per heavy atom. The molecule has 0 fully saturated rings. The van der Waals surface area contributed by atoms with Crippen LogP contribution in [-0.4, -0.2) is 11.1 Å². The maximum Gasteiger partial charge on any atom is 0.339 e. The van der Waals surface area contributed by atoms with Crippen LogP contribution in [0.1, 0.15) is 36.9 Å². The zero-order valence-corrected chi connectivity index (χ0v) is 7.63. The SMILES string of the molecule is CC.CCc1occc1C(=O)O. The van der Waals surface area contributed by atoms with E-state index in [0.29, 0.717) is 12.2 Å². The van der Waals surface area contributed by atoms with Crippen molar-refractivity contribution in [3.63, 3.8) is 0 Å². The summed E-state index contributed by atoms with van der Waals surface area (Å²) in [6.07, 6.45) is 2.01. The number of aryl methyl sites for hydroxylation is 1. The van der Waals surface area contributed by atoms with Crippen molar-refractivity contribution in [3.05, 3.63) is 23.7 Å². The zero-order valence-electron chi connectivity index (χ0n) is 7.63. The summed E-state index contributed by atoms with van der Waals surface area (Å²) < 4.78 is 4.89. The lowest BCUT2D eigenvalue weighted by molar-refractivity contribution is 0.0694. The lowest BCUT2D eigenvalue weighted by atomic mass is 10.2. The third-order valence-electron chi connectivity index (χ3n) is 1.30. The van der Waals surface area contributed by atoms with Gasteiger partial charge in [0.05, 0.1) is 6.26 Å². The Balaban J connectivity index is 0.000000561. The van der Waals surface area contributed by atoms with Gasteiger partial charge in [0.1, 0.15) is 11.3 Å². The van der Waals surface area contributed by atoms with Gasteiger partial charge >= 0.3 is 5.97 Å². The molecule has 0 aliphatic heterocycles. The van der Waals surface area contributed by atoms with E-state index in [-0.39, 0.29) is 5.56 Å². The minimum Gasteiger partial charge on any atom is -0.478 e. The van der Waals surface area contributed by atoms with Crippen LogP contribution in [-0.2, 0) is 6.42 Å². The van der Waals surface area contributed by atoms with Gasteiger partial charge in [0.2, 0.25) is 0 Å². The number of furan rings is 1. The van der Waals surface area contributed by atoms with Crippen molar-refractivity contribution in [3.8, 4) is 0 Å². The van der Waals surface area contributed by atoms with E-state index in [2.05, 4.69) is 0 Å². The minimum absolute atomic E-state index is 0.266. The van der Waals surface area contributed by atoms with E-state index in [1.807, 2.05) is 20.8 Å². The van der Waals surface area contributed by atoms with E-state index < -0.39 is 5.97 Å². The molecule has 0 aliphatic rings. The Kier molecular flexibility index (Phi) is 4.84. The molecule has 0 bridgehead atoms. The van der Waals surface area contributed by atoms with E-state index in [0.717, 1.165) is 0 Å². The number of carboxylic acids is 1. The number of rotatable bonds is 2. The zero-order chi connectivity index (χ0) is 9.56. The molecule has 1 aromatic heterocycles. The predicted molar refractivity (Wildman–Crippen MR) is 46.4 cm³/mol. The van der Waals surface area contributed by atoms with Crippen LogP contribution >= 0.6 is 0 Å². The molecular formula is C9H14O3. The molecule has 1 rings (SSSR count). The van der Waals surface area contributed by atoms with Gasteiger partial charge in [-0.05, 0) is 6.07 Å². The van der Waals surface area contributed by atoms with Crippen LogP contribution in [0.2, 0.25) is 0 Å². The van der Waals surface area contributed by atoms with E-state index in [1.54, 1.807) is 0 Å². The maximum absolute atomic E-state index is 10.4. The van der Waals surface area contributed by atoms with E-state index in [1.165, 1.54) is 12.3 Å². The molecule has 68 valence electrons. The fourth-order valence-electron chi connectivity index (χ4n) is 0.805. The number of carboxylic acid groups (broad SMARTS) is 1. The molecule has 0 amide bonds. The molecule has 12 heavy (non-hydrogen) atoms. The number of carbonyl (C=O) groups is 1. The van der Waals surface area contributed by atoms with Gasteiger partial charge in [0.15, 0.2) is 0 Å². The van der Waals surface area contributed by atoms with Crippen LogP contribution in [0.15, 0.2) is 16.7 Å².